The number of halogens is 1. The van der Waals surface area contributed by atoms with Gasteiger partial charge in [-0.15, -0.1) is 0 Å². The van der Waals surface area contributed by atoms with Crippen molar-refractivity contribution in [2.45, 2.75) is 31.3 Å². The zero-order chi connectivity index (χ0) is 12.5. The van der Waals surface area contributed by atoms with Crippen molar-refractivity contribution in [1.29, 1.82) is 5.26 Å². The van der Waals surface area contributed by atoms with Crippen molar-refractivity contribution >= 4 is 17.3 Å². The second-order valence-electron chi connectivity index (χ2n) is 5.16. The zero-order valence-electron chi connectivity index (χ0n) is 10.2. The van der Waals surface area contributed by atoms with Gasteiger partial charge in [-0.05, 0) is 37.5 Å². The van der Waals surface area contributed by atoms with Crippen molar-refractivity contribution in [3.8, 4) is 6.07 Å². The van der Waals surface area contributed by atoms with Crippen LogP contribution in [0, 0.1) is 11.3 Å². The third-order valence-corrected chi connectivity index (χ3v) is 4.06. The Balaban J connectivity index is 1.63. The number of rotatable bonds is 3. The molecule has 1 aliphatic heterocycles. The molecule has 3 rings (SSSR count). The van der Waals surface area contributed by atoms with Crippen LogP contribution in [-0.2, 0) is 0 Å². The molecule has 1 saturated heterocycles. The predicted molar refractivity (Wildman–Crippen MR) is 72.8 cm³/mol. The second kappa shape index (κ2) is 4.79. The SMILES string of the molecule is N#Cc1ccc(NC2CCN(C3CC3)C2)cc1Cl. The fraction of sp³-hybridized carbons (Fsp3) is 0.500. The van der Waals surface area contributed by atoms with Gasteiger partial charge in [0.1, 0.15) is 6.07 Å². The molecular formula is C14H16ClN3. The molecule has 0 amide bonds. The van der Waals surface area contributed by atoms with Gasteiger partial charge in [0.2, 0.25) is 0 Å². The van der Waals surface area contributed by atoms with Crippen LogP contribution in [0.2, 0.25) is 5.02 Å². The lowest BCUT2D eigenvalue weighted by atomic mass is 10.2. The van der Waals surface area contributed by atoms with Crippen LogP contribution in [0.4, 0.5) is 5.69 Å². The maximum Gasteiger partial charge on any atom is 0.101 e. The summed E-state index contributed by atoms with van der Waals surface area (Å²) in [7, 11) is 0. The molecule has 1 unspecified atom stereocenters. The third kappa shape index (κ3) is 2.45. The average Bonchev–Trinajstić information content (AvgIpc) is 3.11. The largest absolute Gasteiger partial charge is 0.381 e. The standard InChI is InChI=1S/C14H16ClN3/c15-14-7-11(2-1-10(14)8-16)17-12-5-6-18(9-12)13-3-4-13/h1-2,7,12-13,17H,3-6,9H2. The Labute approximate surface area is 112 Å². The Kier molecular flexibility index (Phi) is 3.15. The monoisotopic (exact) mass is 261 g/mol. The van der Waals surface area contributed by atoms with Gasteiger partial charge >= 0.3 is 0 Å². The first kappa shape index (κ1) is 11.8. The summed E-state index contributed by atoms with van der Waals surface area (Å²) in [6.07, 6.45) is 3.93. The first-order valence-electron chi connectivity index (χ1n) is 6.46. The molecule has 0 aromatic heterocycles. The van der Waals surface area contributed by atoms with Crippen molar-refractivity contribution in [3.63, 3.8) is 0 Å². The topological polar surface area (TPSA) is 39.1 Å². The Morgan fingerprint density at radius 2 is 2.17 bits per heavy atom. The normalized spacial score (nSPS) is 23.9. The molecule has 1 atom stereocenters. The summed E-state index contributed by atoms with van der Waals surface area (Å²) in [6, 6.07) is 8.99. The molecule has 2 aliphatic rings. The van der Waals surface area contributed by atoms with E-state index in [2.05, 4.69) is 16.3 Å². The Hall–Kier alpha value is -1.24. The van der Waals surface area contributed by atoms with Crippen LogP contribution in [0.25, 0.3) is 0 Å². The van der Waals surface area contributed by atoms with E-state index in [-0.39, 0.29) is 0 Å². The molecule has 1 N–H and O–H groups in total. The summed E-state index contributed by atoms with van der Waals surface area (Å²) in [6.45, 7) is 2.33. The molecule has 1 aromatic rings. The molecule has 1 aliphatic carbocycles. The van der Waals surface area contributed by atoms with Gasteiger partial charge in [-0.3, -0.25) is 4.90 Å². The van der Waals surface area contributed by atoms with Crippen molar-refractivity contribution in [2.24, 2.45) is 0 Å². The summed E-state index contributed by atoms with van der Waals surface area (Å²) >= 11 is 6.03. The van der Waals surface area contributed by atoms with Crippen LogP contribution in [0.3, 0.4) is 0 Å². The highest BCUT2D eigenvalue weighted by molar-refractivity contribution is 6.32. The van der Waals surface area contributed by atoms with E-state index in [1.54, 1.807) is 6.07 Å². The average molecular weight is 262 g/mol. The maximum absolute atomic E-state index is 8.83. The molecule has 0 radical (unpaired) electrons. The fourth-order valence-corrected chi connectivity index (χ4v) is 2.83. The minimum Gasteiger partial charge on any atom is -0.381 e. The molecule has 1 heterocycles. The number of nitriles is 1. The first-order valence-corrected chi connectivity index (χ1v) is 6.84. The van der Waals surface area contributed by atoms with E-state index in [1.165, 1.54) is 25.8 Å². The smallest absolute Gasteiger partial charge is 0.101 e. The van der Waals surface area contributed by atoms with Crippen LogP contribution in [0.15, 0.2) is 18.2 Å². The van der Waals surface area contributed by atoms with Crippen LogP contribution in [0.5, 0.6) is 0 Å². The molecule has 0 bridgehead atoms. The molecule has 1 aromatic carbocycles. The lowest BCUT2D eigenvalue weighted by Crippen LogP contribution is -2.27. The number of nitrogens with one attached hydrogen (secondary N) is 1. The zero-order valence-corrected chi connectivity index (χ0v) is 11.0. The first-order chi connectivity index (χ1) is 8.76. The van der Waals surface area contributed by atoms with E-state index < -0.39 is 0 Å². The van der Waals surface area contributed by atoms with Gasteiger partial charge in [-0.25, -0.2) is 0 Å². The number of hydrogen-bond donors (Lipinski definition) is 1. The molecule has 2 fully saturated rings. The van der Waals surface area contributed by atoms with E-state index >= 15 is 0 Å². The minimum absolute atomic E-state index is 0.509. The van der Waals surface area contributed by atoms with E-state index in [0.29, 0.717) is 16.6 Å². The molecular weight excluding hydrogens is 246 g/mol. The van der Waals surface area contributed by atoms with Crippen molar-refractivity contribution in [1.82, 2.24) is 4.90 Å². The highest BCUT2D eigenvalue weighted by atomic mass is 35.5. The molecule has 1 saturated carbocycles. The van der Waals surface area contributed by atoms with Gasteiger partial charge in [0.05, 0.1) is 10.6 Å². The molecule has 4 heteroatoms. The highest BCUT2D eigenvalue weighted by Gasteiger charge is 2.34. The number of benzene rings is 1. The van der Waals surface area contributed by atoms with Crippen molar-refractivity contribution in [2.75, 3.05) is 18.4 Å². The van der Waals surface area contributed by atoms with Crippen molar-refractivity contribution in [3.05, 3.63) is 28.8 Å². The van der Waals surface area contributed by atoms with Gasteiger partial charge in [-0.2, -0.15) is 5.26 Å². The quantitative estimate of drug-likeness (QED) is 0.909. The predicted octanol–water partition coefficient (Wildman–Crippen LogP) is 2.86. The summed E-state index contributed by atoms with van der Waals surface area (Å²) in [5, 5.41) is 12.9. The summed E-state index contributed by atoms with van der Waals surface area (Å²) in [5.41, 5.74) is 1.55. The van der Waals surface area contributed by atoms with Crippen molar-refractivity contribution < 1.29 is 0 Å². The lowest BCUT2D eigenvalue weighted by molar-refractivity contribution is 0.326. The van der Waals surface area contributed by atoms with E-state index in [9.17, 15) is 0 Å². The Bertz CT molecular complexity index is 490. The minimum atomic E-state index is 0.509. The summed E-state index contributed by atoms with van der Waals surface area (Å²) in [4.78, 5) is 2.57. The fourth-order valence-electron chi connectivity index (χ4n) is 2.61. The highest BCUT2D eigenvalue weighted by Crippen LogP contribution is 2.31. The van der Waals surface area contributed by atoms with Crippen LogP contribution in [0.1, 0.15) is 24.8 Å². The molecule has 18 heavy (non-hydrogen) atoms. The second-order valence-corrected chi connectivity index (χ2v) is 5.57. The van der Waals surface area contributed by atoms with Gasteiger partial charge in [0.15, 0.2) is 0 Å². The summed E-state index contributed by atoms with van der Waals surface area (Å²) in [5.74, 6) is 0. The maximum atomic E-state index is 8.83. The summed E-state index contributed by atoms with van der Waals surface area (Å²) < 4.78 is 0. The van der Waals surface area contributed by atoms with E-state index in [0.717, 1.165) is 18.3 Å². The van der Waals surface area contributed by atoms with E-state index in [4.69, 9.17) is 16.9 Å². The van der Waals surface area contributed by atoms with Gasteiger partial charge in [-0.1, -0.05) is 11.6 Å². The Morgan fingerprint density at radius 1 is 1.33 bits per heavy atom. The van der Waals surface area contributed by atoms with E-state index in [1.807, 2.05) is 12.1 Å². The molecule has 0 spiro atoms. The number of hydrogen-bond acceptors (Lipinski definition) is 3. The molecule has 3 nitrogen and oxygen atoms in total. The lowest BCUT2D eigenvalue weighted by Gasteiger charge is -2.16. The number of likely N-dealkylation sites (tertiary alicyclic amines) is 1. The van der Waals surface area contributed by atoms with Crippen LogP contribution < -0.4 is 5.32 Å². The van der Waals surface area contributed by atoms with Gasteiger partial charge in [0.25, 0.3) is 0 Å². The van der Waals surface area contributed by atoms with Crippen LogP contribution >= 0.6 is 11.6 Å². The number of nitrogens with zero attached hydrogens (tertiary/aromatic N) is 2. The van der Waals surface area contributed by atoms with Gasteiger partial charge in [0, 0.05) is 30.9 Å². The molecule has 94 valence electrons. The number of anilines is 1. The third-order valence-electron chi connectivity index (χ3n) is 3.74. The van der Waals surface area contributed by atoms with Gasteiger partial charge < -0.3 is 5.32 Å². The Morgan fingerprint density at radius 3 is 2.83 bits per heavy atom. The van der Waals surface area contributed by atoms with Crippen LogP contribution in [-0.4, -0.2) is 30.1 Å².